The summed E-state index contributed by atoms with van der Waals surface area (Å²) in [5.41, 5.74) is 4.77. The molecule has 0 saturated carbocycles. The molecule has 0 aliphatic heterocycles. The standard InChI is InChI=1S/C49H60O3/c1-2-3-4-5-6-7-8-9-10-11-27-38-48(43-30-19-13-20-31-43)51-40-47(50-39-42-28-17-12-18-29-42)41-52-49(44-32-21-14-22-33-44,45-34-23-15-24-35-45)46-36-25-16-26-37-46/h12-26,28-37,47-48H,2-11,27,38-41H2,1H3. The summed E-state index contributed by atoms with van der Waals surface area (Å²) >= 11 is 0. The lowest BCUT2D eigenvalue weighted by atomic mass is 9.80. The fourth-order valence-electron chi connectivity index (χ4n) is 7.15. The van der Waals surface area contributed by atoms with Gasteiger partial charge in [0, 0.05) is 0 Å². The largest absolute Gasteiger partial charge is 0.371 e. The van der Waals surface area contributed by atoms with Crippen molar-refractivity contribution in [3.63, 3.8) is 0 Å². The first kappa shape index (κ1) is 39.2. The minimum absolute atomic E-state index is 0.00437. The average Bonchev–Trinajstić information content (AvgIpc) is 3.22. The highest BCUT2D eigenvalue weighted by molar-refractivity contribution is 5.47. The molecule has 5 rings (SSSR count). The van der Waals surface area contributed by atoms with E-state index < -0.39 is 5.60 Å². The van der Waals surface area contributed by atoms with Crippen molar-refractivity contribution in [1.29, 1.82) is 0 Å². The Balaban J connectivity index is 1.29. The summed E-state index contributed by atoms with van der Waals surface area (Å²) in [5, 5.41) is 0. The molecule has 0 amide bonds. The second-order valence-corrected chi connectivity index (χ2v) is 14.1. The van der Waals surface area contributed by atoms with Crippen molar-refractivity contribution in [1.82, 2.24) is 0 Å². The van der Waals surface area contributed by atoms with Crippen LogP contribution in [0, 0.1) is 0 Å². The Bertz CT molecular complexity index is 1500. The zero-order chi connectivity index (χ0) is 35.9. The Kier molecular flexibility index (Phi) is 17.2. The maximum Gasteiger partial charge on any atom is 0.143 e. The highest BCUT2D eigenvalue weighted by Crippen LogP contribution is 2.40. The van der Waals surface area contributed by atoms with Crippen LogP contribution in [0.15, 0.2) is 152 Å². The van der Waals surface area contributed by atoms with Gasteiger partial charge in [-0.1, -0.05) is 229 Å². The van der Waals surface area contributed by atoms with Crippen LogP contribution in [0.4, 0.5) is 0 Å². The maximum absolute atomic E-state index is 7.24. The molecule has 2 unspecified atom stereocenters. The van der Waals surface area contributed by atoms with Crippen LogP contribution in [0.5, 0.6) is 0 Å². The van der Waals surface area contributed by atoms with Crippen molar-refractivity contribution >= 4 is 0 Å². The second kappa shape index (κ2) is 22.8. The molecule has 0 saturated heterocycles. The summed E-state index contributed by atoms with van der Waals surface area (Å²) in [4.78, 5) is 0. The number of benzene rings is 5. The Morgan fingerprint density at radius 1 is 0.442 bits per heavy atom. The Labute approximate surface area is 314 Å². The predicted molar refractivity (Wildman–Crippen MR) is 216 cm³/mol. The van der Waals surface area contributed by atoms with Gasteiger partial charge in [0.25, 0.3) is 0 Å². The molecule has 5 aromatic carbocycles. The van der Waals surface area contributed by atoms with Gasteiger partial charge in [-0.15, -0.1) is 0 Å². The molecule has 274 valence electrons. The van der Waals surface area contributed by atoms with Gasteiger partial charge < -0.3 is 14.2 Å². The van der Waals surface area contributed by atoms with Crippen molar-refractivity contribution in [3.8, 4) is 0 Å². The minimum Gasteiger partial charge on any atom is -0.371 e. The van der Waals surface area contributed by atoms with Gasteiger partial charge in [0.05, 0.1) is 25.9 Å². The Morgan fingerprint density at radius 3 is 1.35 bits per heavy atom. The molecule has 0 N–H and O–H groups in total. The number of unbranched alkanes of at least 4 members (excludes halogenated alkanes) is 10. The topological polar surface area (TPSA) is 27.7 Å². The van der Waals surface area contributed by atoms with Crippen LogP contribution >= 0.6 is 0 Å². The van der Waals surface area contributed by atoms with Gasteiger partial charge in [-0.05, 0) is 34.2 Å². The van der Waals surface area contributed by atoms with Crippen LogP contribution in [-0.4, -0.2) is 19.3 Å². The fraction of sp³-hybridized carbons (Fsp3) is 0.388. The molecular formula is C49H60O3. The van der Waals surface area contributed by atoms with Crippen molar-refractivity contribution in [2.24, 2.45) is 0 Å². The lowest BCUT2D eigenvalue weighted by Gasteiger charge is -2.37. The van der Waals surface area contributed by atoms with E-state index in [4.69, 9.17) is 14.2 Å². The number of hydrogen-bond donors (Lipinski definition) is 0. The summed E-state index contributed by atoms with van der Waals surface area (Å²) in [5.74, 6) is 0. The van der Waals surface area contributed by atoms with Crippen molar-refractivity contribution in [2.45, 2.75) is 108 Å². The van der Waals surface area contributed by atoms with E-state index in [1.165, 1.54) is 69.8 Å². The molecule has 0 aliphatic rings. The van der Waals surface area contributed by atoms with Gasteiger partial charge in [0.2, 0.25) is 0 Å². The van der Waals surface area contributed by atoms with Crippen molar-refractivity contribution in [3.05, 3.63) is 179 Å². The maximum atomic E-state index is 7.24. The molecule has 3 heteroatoms. The normalized spacial score (nSPS) is 12.8. The summed E-state index contributed by atoms with van der Waals surface area (Å²) in [6.07, 6.45) is 15.4. The van der Waals surface area contributed by atoms with E-state index in [0.29, 0.717) is 19.8 Å². The van der Waals surface area contributed by atoms with E-state index in [1.54, 1.807) is 0 Å². The summed E-state index contributed by atoms with van der Waals surface area (Å²) in [7, 11) is 0. The molecule has 0 radical (unpaired) electrons. The predicted octanol–water partition coefficient (Wildman–Crippen LogP) is 13.0. The Morgan fingerprint density at radius 2 is 0.865 bits per heavy atom. The molecule has 0 aliphatic carbocycles. The molecule has 0 aromatic heterocycles. The SMILES string of the molecule is CCCCCCCCCCCCCC(OCC(COC(c1ccccc1)(c1ccccc1)c1ccccc1)OCc1ccccc1)c1ccccc1. The molecule has 3 nitrogen and oxygen atoms in total. The first-order valence-corrected chi connectivity index (χ1v) is 19.9. The van der Waals surface area contributed by atoms with Crippen LogP contribution in [0.3, 0.4) is 0 Å². The van der Waals surface area contributed by atoms with Crippen LogP contribution in [-0.2, 0) is 26.4 Å². The first-order chi connectivity index (χ1) is 25.8. The third-order valence-corrected chi connectivity index (χ3v) is 10.1. The zero-order valence-electron chi connectivity index (χ0n) is 31.4. The van der Waals surface area contributed by atoms with Crippen LogP contribution in [0.2, 0.25) is 0 Å². The molecule has 0 bridgehead atoms. The van der Waals surface area contributed by atoms with Gasteiger partial charge in [-0.3, -0.25) is 0 Å². The van der Waals surface area contributed by atoms with E-state index in [2.05, 4.69) is 153 Å². The van der Waals surface area contributed by atoms with Crippen molar-refractivity contribution in [2.75, 3.05) is 13.2 Å². The van der Waals surface area contributed by atoms with E-state index in [1.807, 2.05) is 6.07 Å². The van der Waals surface area contributed by atoms with Gasteiger partial charge in [0.15, 0.2) is 0 Å². The first-order valence-electron chi connectivity index (χ1n) is 19.9. The highest BCUT2D eigenvalue weighted by atomic mass is 16.6. The molecule has 2 atom stereocenters. The molecule has 52 heavy (non-hydrogen) atoms. The summed E-state index contributed by atoms with van der Waals surface area (Å²) in [6, 6.07) is 52.8. The minimum atomic E-state index is -0.827. The van der Waals surface area contributed by atoms with Crippen LogP contribution < -0.4 is 0 Å². The molecule has 5 aromatic rings. The quantitative estimate of drug-likeness (QED) is 0.0449. The third-order valence-electron chi connectivity index (χ3n) is 10.1. The zero-order valence-corrected chi connectivity index (χ0v) is 31.4. The summed E-state index contributed by atoms with van der Waals surface area (Å²) in [6.45, 7) is 3.56. The third kappa shape index (κ3) is 12.3. The molecule has 0 heterocycles. The lowest BCUT2D eigenvalue weighted by molar-refractivity contribution is -0.109. The fourth-order valence-corrected chi connectivity index (χ4v) is 7.15. The number of hydrogen-bond acceptors (Lipinski definition) is 3. The van der Waals surface area contributed by atoms with E-state index in [9.17, 15) is 0 Å². The van der Waals surface area contributed by atoms with Crippen molar-refractivity contribution < 1.29 is 14.2 Å². The highest BCUT2D eigenvalue weighted by Gasteiger charge is 2.38. The molecular weight excluding hydrogens is 637 g/mol. The van der Waals surface area contributed by atoms with Gasteiger partial charge >= 0.3 is 0 Å². The second-order valence-electron chi connectivity index (χ2n) is 14.1. The average molecular weight is 697 g/mol. The van der Waals surface area contributed by atoms with E-state index in [-0.39, 0.29) is 12.2 Å². The number of rotatable bonds is 25. The van der Waals surface area contributed by atoms with E-state index >= 15 is 0 Å². The lowest BCUT2D eigenvalue weighted by Crippen LogP contribution is -2.37. The smallest absolute Gasteiger partial charge is 0.143 e. The molecule has 0 spiro atoms. The number of ether oxygens (including phenoxy) is 3. The monoisotopic (exact) mass is 696 g/mol. The van der Waals surface area contributed by atoms with Gasteiger partial charge in [-0.2, -0.15) is 0 Å². The van der Waals surface area contributed by atoms with Crippen LogP contribution in [0.25, 0.3) is 0 Å². The van der Waals surface area contributed by atoms with Crippen LogP contribution in [0.1, 0.15) is 118 Å². The molecule has 0 fully saturated rings. The van der Waals surface area contributed by atoms with Gasteiger partial charge in [0.1, 0.15) is 11.7 Å². The van der Waals surface area contributed by atoms with Gasteiger partial charge in [-0.25, -0.2) is 0 Å². The van der Waals surface area contributed by atoms with E-state index in [0.717, 1.165) is 35.1 Å². The summed E-state index contributed by atoms with van der Waals surface area (Å²) < 4.78 is 20.8. The Hall–Kier alpha value is -4.02.